The van der Waals surface area contributed by atoms with Gasteiger partial charge in [0, 0.05) is 23.2 Å². The molecule has 0 aliphatic heterocycles. The Labute approximate surface area is 111 Å². The van der Waals surface area contributed by atoms with Gasteiger partial charge in [0.2, 0.25) is 0 Å². The minimum Gasteiger partial charge on any atom is -0.496 e. The Morgan fingerprint density at radius 2 is 2.17 bits per heavy atom. The molecule has 18 heavy (non-hydrogen) atoms. The van der Waals surface area contributed by atoms with Crippen LogP contribution in [0, 0.1) is 0 Å². The SMILES string of the molecule is COc1ccc(Cl)cc1-c1ccnc(CCN)n1. The van der Waals surface area contributed by atoms with Crippen LogP contribution in [0.3, 0.4) is 0 Å². The summed E-state index contributed by atoms with van der Waals surface area (Å²) in [6, 6.07) is 7.26. The third kappa shape index (κ3) is 2.78. The van der Waals surface area contributed by atoms with Gasteiger partial charge in [-0.05, 0) is 30.8 Å². The Morgan fingerprint density at radius 1 is 1.33 bits per heavy atom. The molecule has 0 radical (unpaired) electrons. The fourth-order valence-electron chi connectivity index (χ4n) is 1.68. The monoisotopic (exact) mass is 263 g/mol. The number of rotatable bonds is 4. The molecular weight excluding hydrogens is 250 g/mol. The zero-order valence-electron chi connectivity index (χ0n) is 10.1. The first kappa shape index (κ1) is 12.8. The van der Waals surface area contributed by atoms with Crippen LogP contribution >= 0.6 is 11.6 Å². The maximum Gasteiger partial charge on any atom is 0.130 e. The van der Waals surface area contributed by atoms with E-state index in [-0.39, 0.29) is 0 Å². The van der Waals surface area contributed by atoms with Gasteiger partial charge in [-0.2, -0.15) is 0 Å². The molecule has 1 heterocycles. The van der Waals surface area contributed by atoms with Crippen LogP contribution < -0.4 is 10.5 Å². The molecule has 1 aromatic carbocycles. The fraction of sp³-hybridized carbons (Fsp3) is 0.231. The highest BCUT2D eigenvalue weighted by atomic mass is 35.5. The van der Waals surface area contributed by atoms with Gasteiger partial charge in [-0.3, -0.25) is 0 Å². The summed E-state index contributed by atoms with van der Waals surface area (Å²) in [4.78, 5) is 8.62. The van der Waals surface area contributed by atoms with Gasteiger partial charge in [0.05, 0.1) is 12.8 Å². The Kier molecular flexibility index (Phi) is 4.12. The molecule has 0 aliphatic rings. The Balaban J connectivity index is 2.47. The van der Waals surface area contributed by atoms with Crippen molar-refractivity contribution >= 4 is 11.6 Å². The number of ether oxygens (including phenoxy) is 1. The van der Waals surface area contributed by atoms with Crippen LogP contribution in [0.15, 0.2) is 30.5 Å². The van der Waals surface area contributed by atoms with Gasteiger partial charge < -0.3 is 10.5 Å². The maximum absolute atomic E-state index is 6.01. The minimum atomic E-state index is 0.524. The topological polar surface area (TPSA) is 61.0 Å². The predicted molar refractivity (Wildman–Crippen MR) is 71.8 cm³/mol. The number of halogens is 1. The smallest absolute Gasteiger partial charge is 0.130 e. The minimum absolute atomic E-state index is 0.524. The lowest BCUT2D eigenvalue weighted by atomic mass is 10.1. The molecule has 2 rings (SSSR count). The van der Waals surface area contributed by atoms with Crippen LogP contribution in [0.4, 0.5) is 0 Å². The van der Waals surface area contributed by atoms with E-state index >= 15 is 0 Å². The number of aromatic nitrogens is 2. The van der Waals surface area contributed by atoms with E-state index in [0.29, 0.717) is 18.0 Å². The number of nitrogens with two attached hydrogens (primary N) is 1. The summed E-state index contributed by atoms with van der Waals surface area (Å²) in [5, 5.41) is 0.643. The zero-order chi connectivity index (χ0) is 13.0. The molecule has 0 bridgehead atoms. The summed E-state index contributed by atoms with van der Waals surface area (Å²) in [7, 11) is 1.62. The second kappa shape index (κ2) is 5.80. The lowest BCUT2D eigenvalue weighted by molar-refractivity contribution is 0.416. The molecular formula is C13H14ClN3O. The van der Waals surface area contributed by atoms with Crippen molar-refractivity contribution in [2.45, 2.75) is 6.42 Å². The summed E-state index contributed by atoms with van der Waals surface area (Å²) in [6.45, 7) is 0.524. The third-order valence-electron chi connectivity index (χ3n) is 2.51. The number of hydrogen-bond acceptors (Lipinski definition) is 4. The summed E-state index contributed by atoms with van der Waals surface area (Å²) in [6.07, 6.45) is 2.37. The molecule has 0 atom stereocenters. The number of benzene rings is 1. The standard InChI is InChI=1S/C13H14ClN3O/c1-18-12-3-2-9(14)8-10(12)11-5-7-16-13(17-11)4-6-15/h2-3,5,7-8H,4,6,15H2,1H3. The van der Waals surface area contributed by atoms with Crippen molar-refractivity contribution < 1.29 is 4.74 Å². The largest absolute Gasteiger partial charge is 0.496 e. The van der Waals surface area contributed by atoms with Crippen molar-refractivity contribution in [1.29, 1.82) is 0 Å². The van der Waals surface area contributed by atoms with Gasteiger partial charge in [-0.1, -0.05) is 11.6 Å². The zero-order valence-corrected chi connectivity index (χ0v) is 10.8. The molecule has 1 aromatic heterocycles. The highest BCUT2D eigenvalue weighted by molar-refractivity contribution is 6.30. The highest BCUT2D eigenvalue weighted by Gasteiger charge is 2.09. The average Bonchev–Trinajstić information content (AvgIpc) is 2.39. The molecule has 0 saturated heterocycles. The number of hydrogen-bond donors (Lipinski definition) is 1. The van der Waals surface area contributed by atoms with Crippen LogP contribution in [0.5, 0.6) is 5.75 Å². The second-order valence-electron chi connectivity index (χ2n) is 3.74. The average molecular weight is 264 g/mol. The van der Waals surface area contributed by atoms with E-state index in [4.69, 9.17) is 22.1 Å². The van der Waals surface area contributed by atoms with Crippen LogP contribution in [0.2, 0.25) is 5.02 Å². The summed E-state index contributed by atoms with van der Waals surface area (Å²) in [5.74, 6) is 1.45. The molecule has 0 unspecified atom stereocenters. The lowest BCUT2D eigenvalue weighted by Crippen LogP contribution is -2.06. The van der Waals surface area contributed by atoms with Crippen molar-refractivity contribution in [2.75, 3.05) is 13.7 Å². The third-order valence-corrected chi connectivity index (χ3v) is 2.75. The number of methoxy groups -OCH3 is 1. The quantitative estimate of drug-likeness (QED) is 0.920. The van der Waals surface area contributed by atoms with Gasteiger partial charge in [0.25, 0.3) is 0 Å². The predicted octanol–water partition coefficient (Wildman–Crippen LogP) is 2.31. The van der Waals surface area contributed by atoms with Crippen molar-refractivity contribution in [3.8, 4) is 17.0 Å². The lowest BCUT2D eigenvalue weighted by Gasteiger charge is -2.09. The van der Waals surface area contributed by atoms with Crippen LogP contribution in [0.1, 0.15) is 5.82 Å². The molecule has 0 amide bonds. The highest BCUT2D eigenvalue weighted by Crippen LogP contribution is 2.31. The summed E-state index contributed by atoms with van der Waals surface area (Å²) < 4.78 is 5.31. The molecule has 0 aliphatic carbocycles. The summed E-state index contributed by atoms with van der Waals surface area (Å²) >= 11 is 6.01. The summed E-state index contributed by atoms with van der Waals surface area (Å²) in [5.41, 5.74) is 7.14. The first-order chi connectivity index (χ1) is 8.74. The molecule has 0 spiro atoms. The molecule has 2 aromatic rings. The first-order valence-corrected chi connectivity index (χ1v) is 5.98. The molecule has 0 fully saturated rings. The van der Waals surface area contributed by atoms with Crippen LogP contribution in [-0.2, 0) is 6.42 Å². The van der Waals surface area contributed by atoms with Gasteiger partial charge >= 0.3 is 0 Å². The van der Waals surface area contributed by atoms with Crippen molar-refractivity contribution in [2.24, 2.45) is 5.73 Å². The van der Waals surface area contributed by atoms with Gasteiger partial charge in [0.1, 0.15) is 11.6 Å². The van der Waals surface area contributed by atoms with E-state index in [2.05, 4.69) is 9.97 Å². The molecule has 4 nitrogen and oxygen atoms in total. The van der Waals surface area contributed by atoms with E-state index in [1.807, 2.05) is 18.2 Å². The van der Waals surface area contributed by atoms with E-state index in [1.54, 1.807) is 19.4 Å². The van der Waals surface area contributed by atoms with Crippen molar-refractivity contribution in [1.82, 2.24) is 9.97 Å². The van der Waals surface area contributed by atoms with Gasteiger partial charge in [-0.15, -0.1) is 0 Å². The molecule has 0 saturated carbocycles. The second-order valence-corrected chi connectivity index (χ2v) is 4.18. The van der Waals surface area contributed by atoms with E-state index in [1.165, 1.54) is 0 Å². The van der Waals surface area contributed by atoms with E-state index < -0.39 is 0 Å². The Hall–Kier alpha value is -1.65. The van der Waals surface area contributed by atoms with Gasteiger partial charge in [0.15, 0.2) is 0 Å². The molecule has 5 heteroatoms. The van der Waals surface area contributed by atoms with Gasteiger partial charge in [-0.25, -0.2) is 9.97 Å². The Bertz CT molecular complexity index is 546. The molecule has 2 N–H and O–H groups in total. The first-order valence-electron chi connectivity index (χ1n) is 5.60. The normalized spacial score (nSPS) is 10.4. The van der Waals surface area contributed by atoms with E-state index in [9.17, 15) is 0 Å². The van der Waals surface area contributed by atoms with Crippen LogP contribution in [-0.4, -0.2) is 23.6 Å². The van der Waals surface area contributed by atoms with Crippen LogP contribution in [0.25, 0.3) is 11.3 Å². The van der Waals surface area contributed by atoms with Crippen molar-refractivity contribution in [3.63, 3.8) is 0 Å². The molecule has 94 valence electrons. The van der Waals surface area contributed by atoms with Crippen molar-refractivity contribution in [3.05, 3.63) is 41.3 Å². The maximum atomic E-state index is 6.01. The Morgan fingerprint density at radius 3 is 2.89 bits per heavy atom. The fourth-order valence-corrected chi connectivity index (χ4v) is 1.85. The number of nitrogens with zero attached hydrogens (tertiary/aromatic N) is 2. The van der Waals surface area contributed by atoms with E-state index in [0.717, 1.165) is 22.8 Å².